The van der Waals surface area contributed by atoms with Gasteiger partial charge >= 0.3 is 0 Å². The summed E-state index contributed by atoms with van der Waals surface area (Å²) in [5.41, 5.74) is 1.32. The highest BCUT2D eigenvalue weighted by Gasteiger charge is 2.25. The highest BCUT2D eigenvalue weighted by Crippen LogP contribution is 2.30. The Morgan fingerprint density at radius 1 is 1.62 bits per heavy atom. The van der Waals surface area contributed by atoms with E-state index in [1.807, 2.05) is 6.26 Å². The Balaban J connectivity index is 1.90. The fraction of sp³-hybridized carbons (Fsp3) is 0.692. The number of rotatable bonds is 6. The maximum atomic E-state index is 5.15. The van der Waals surface area contributed by atoms with Gasteiger partial charge in [0.15, 0.2) is 0 Å². The van der Waals surface area contributed by atoms with Crippen LogP contribution in [-0.4, -0.2) is 23.6 Å². The van der Waals surface area contributed by atoms with E-state index in [2.05, 4.69) is 30.1 Å². The molecule has 1 aromatic heterocycles. The molecule has 1 aliphatic heterocycles. The minimum absolute atomic E-state index is 0.616. The van der Waals surface area contributed by atoms with Gasteiger partial charge in [-0.1, -0.05) is 6.92 Å². The van der Waals surface area contributed by atoms with Crippen LogP contribution in [0.1, 0.15) is 31.7 Å². The van der Waals surface area contributed by atoms with Crippen molar-refractivity contribution in [1.29, 1.82) is 0 Å². The summed E-state index contributed by atoms with van der Waals surface area (Å²) in [6, 6.07) is 2.70. The minimum Gasteiger partial charge on any atom is -0.472 e. The maximum absolute atomic E-state index is 5.15. The third-order valence-corrected chi connectivity index (χ3v) is 4.62. The van der Waals surface area contributed by atoms with Gasteiger partial charge in [0.1, 0.15) is 0 Å². The Morgan fingerprint density at radius 2 is 2.56 bits per heavy atom. The summed E-state index contributed by atoms with van der Waals surface area (Å²) in [5, 5.41) is 4.48. The van der Waals surface area contributed by atoms with Crippen LogP contribution >= 0.6 is 11.8 Å². The summed E-state index contributed by atoms with van der Waals surface area (Å²) in [4.78, 5) is 0. The van der Waals surface area contributed by atoms with Crippen LogP contribution in [0.5, 0.6) is 0 Å². The summed E-state index contributed by atoms with van der Waals surface area (Å²) in [5.74, 6) is 1.33. The lowest BCUT2D eigenvalue weighted by atomic mass is 10.0. The van der Waals surface area contributed by atoms with Crippen LogP contribution in [0, 0.1) is 0 Å². The Hall–Kier alpha value is -0.410. The van der Waals surface area contributed by atoms with Crippen LogP contribution in [0.25, 0.3) is 0 Å². The van der Waals surface area contributed by atoms with Gasteiger partial charge in [0, 0.05) is 11.3 Å². The Labute approximate surface area is 102 Å². The molecule has 2 nitrogen and oxygen atoms in total. The van der Waals surface area contributed by atoms with Crippen molar-refractivity contribution in [3.05, 3.63) is 24.2 Å². The molecule has 0 aromatic carbocycles. The molecule has 2 heterocycles. The van der Waals surface area contributed by atoms with E-state index in [1.54, 1.807) is 6.26 Å². The SMILES string of the molecule is CCCNC(Cc1ccoc1)C1CCCS1. The van der Waals surface area contributed by atoms with E-state index in [0.29, 0.717) is 6.04 Å². The molecule has 0 radical (unpaired) electrons. The molecule has 0 bridgehead atoms. The predicted octanol–water partition coefficient (Wildman–Crippen LogP) is 3.09. The van der Waals surface area contributed by atoms with E-state index >= 15 is 0 Å². The molecule has 1 saturated heterocycles. The number of nitrogens with one attached hydrogen (secondary N) is 1. The highest BCUT2D eigenvalue weighted by molar-refractivity contribution is 8.00. The fourth-order valence-corrected chi connectivity index (χ4v) is 3.64. The molecule has 16 heavy (non-hydrogen) atoms. The normalized spacial score (nSPS) is 22.4. The van der Waals surface area contributed by atoms with Gasteiger partial charge in [0.2, 0.25) is 0 Å². The summed E-state index contributed by atoms with van der Waals surface area (Å²) >= 11 is 2.13. The molecule has 2 rings (SSSR count). The molecule has 1 fully saturated rings. The smallest absolute Gasteiger partial charge is 0.0935 e. The number of thioether (sulfide) groups is 1. The Morgan fingerprint density at radius 3 is 3.19 bits per heavy atom. The minimum atomic E-state index is 0.616. The van der Waals surface area contributed by atoms with E-state index in [0.717, 1.165) is 18.2 Å². The lowest BCUT2D eigenvalue weighted by Gasteiger charge is -2.23. The van der Waals surface area contributed by atoms with Crippen molar-refractivity contribution in [3.8, 4) is 0 Å². The first kappa shape index (κ1) is 12.1. The van der Waals surface area contributed by atoms with Crippen molar-refractivity contribution in [1.82, 2.24) is 5.32 Å². The van der Waals surface area contributed by atoms with Crippen molar-refractivity contribution in [3.63, 3.8) is 0 Å². The molecule has 0 spiro atoms. The van der Waals surface area contributed by atoms with Crippen LogP contribution in [0.4, 0.5) is 0 Å². The van der Waals surface area contributed by atoms with Gasteiger partial charge in [-0.25, -0.2) is 0 Å². The van der Waals surface area contributed by atoms with Crippen LogP contribution < -0.4 is 5.32 Å². The molecule has 0 saturated carbocycles. The molecular weight excluding hydrogens is 218 g/mol. The van der Waals surface area contributed by atoms with Gasteiger partial charge in [-0.2, -0.15) is 11.8 Å². The lowest BCUT2D eigenvalue weighted by Crippen LogP contribution is -2.39. The van der Waals surface area contributed by atoms with E-state index < -0.39 is 0 Å². The number of furan rings is 1. The summed E-state index contributed by atoms with van der Waals surface area (Å²) in [6.07, 6.45) is 8.70. The summed E-state index contributed by atoms with van der Waals surface area (Å²) < 4.78 is 5.15. The van der Waals surface area contributed by atoms with Gasteiger partial charge in [-0.05, 0) is 49.6 Å². The average Bonchev–Trinajstić information content (AvgIpc) is 2.96. The van der Waals surface area contributed by atoms with E-state index in [4.69, 9.17) is 4.42 Å². The molecule has 1 N–H and O–H groups in total. The first-order chi connectivity index (χ1) is 7.90. The fourth-order valence-electron chi connectivity index (χ4n) is 2.25. The zero-order chi connectivity index (χ0) is 11.2. The van der Waals surface area contributed by atoms with E-state index in [1.165, 1.54) is 30.6 Å². The Bertz CT molecular complexity index is 280. The quantitative estimate of drug-likeness (QED) is 0.826. The molecule has 1 aliphatic rings. The number of hydrogen-bond donors (Lipinski definition) is 1. The topological polar surface area (TPSA) is 25.2 Å². The van der Waals surface area contributed by atoms with Crippen LogP contribution in [-0.2, 0) is 6.42 Å². The second-order valence-corrected chi connectivity index (χ2v) is 5.79. The van der Waals surface area contributed by atoms with Gasteiger partial charge in [0.25, 0.3) is 0 Å². The second kappa shape index (κ2) is 6.36. The standard InChI is InChI=1S/C13H21NOS/c1-2-6-14-12(13-4-3-8-16-13)9-11-5-7-15-10-11/h5,7,10,12-14H,2-4,6,8-9H2,1H3. The van der Waals surface area contributed by atoms with Crippen molar-refractivity contribution in [2.75, 3.05) is 12.3 Å². The molecular formula is C13H21NOS. The van der Waals surface area contributed by atoms with Crippen LogP contribution in [0.3, 0.4) is 0 Å². The van der Waals surface area contributed by atoms with Crippen molar-refractivity contribution < 1.29 is 4.42 Å². The molecule has 2 atom stereocenters. The highest BCUT2D eigenvalue weighted by atomic mass is 32.2. The lowest BCUT2D eigenvalue weighted by molar-refractivity contribution is 0.478. The first-order valence-electron chi connectivity index (χ1n) is 6.26. The van der Waals surface area contributed by atoms with Gasteiger partial charge in [0.05, 0.1) is 12.5 Å². The van der Waals surface area contributed by atoms with Crippen LogP contribution in [0.15, 0.2) is 23.0 Å². The summed E-state index contributed by atoms with van der Waals surface area (Å²) in [7, 11) is 0. The van der Waals surface area contributed by atoms with Gasteiger partial charge in [-0.3, -0.25) is 0 Å². The summed E-state index contributed by atoms with van der Waals surface area (Å²) in [6.45, 7) is 3.35. The predicted molar refractivity (Wildman–Crippen MR) is 70.0 cm³/mol. The zero-order valence-electron chi connectivity index (χ0n) is 9.95. The molecule has 1 aromatic rings. The molecule has 3 heteroatoms. The third-order valence-electron chi connectivity index (χ3n) is 3.11. The Kier molecular flexibility index (Phi) is 4.79. The van der Waals surface area contributed by atoms with Gasteiger partial charge < -0.3 is 9.73 Å². The van der Waals surface area contributed by atoms with Crippen LogP contribution in [0.2, 0.25) is 0 Å². The van der Waals surface area contributed by atoms with Crippen molar-refractivity contribution >= 4 is 11.8 Å². The molecule has 2 unspecified atom stereocenters. The second-order valence-electron chi connectivity index (χ2n) is 4.45. The maximum Gasteiger partial charge on any atom is 0.0935 e. The van der Waals surface area contributed by atoms with Crippen molar-refractivity contribution in [2.24, 2.45) is 0 Å². The molecule has 0 amide bonds. The average molecular weight is 239 g/mol. The first-order valence-corrected chi connectivity index (χ1v) is 7.31. The third kappa shape index (κ3) is 3.29. The monoisotopic (exact) mass is 239 g/mol. The zero-order valence-corrected chi connectivity index (χ0v) is 10.8. The van der Waals surface area contributed by atoms with E-state index in [-0.39, 0.29) is 0 Å². The van der Waals surface area contributed by atoms with Gasteiger partial charge in [-0.15, -0.1) is 0 Å². The largest absolute Gasteiger partial charge is 0.472 e. The molecule has 0 aliphatic carbocycles. The number of hydrogen-bond acceptors (Lipinski definition) is 3. The van der Waals surface area contributed by atoms with Crippen molar-refractivity contribution in [2.45, 2.75) is 43.9 Å². The van der Waals surface area contributed by atoms with E-state index in [9.17, 15) is 0 Å². The molecule has 90 valence electrons.